The third kappa shape index (κ3) is 4.63. The third-order valence-electron chi connectivity index (χ3n) is 4.43. The van der Waals surface area contributed by atoms with E-state index in [2.05, 4.69) is 10.3 Å². The van der Waals surface area contributed by atoms with Gasteiger partial charge in [-0.05, 0) is 29.7 Å². The third-order valence-corrected chi connectivity index (χ3v) is 4.43. The maximum Gasteiger partial charge on any atom is 0.234 e. The number of rotatable bonds is 6. The van der Waals surface area contributed by atoms with Crippen LogP contribution in [0.25, 0.3) is 0 Å². The van der Waals surface area contributed by atoms with Gasteiger partial charge in [0.1, 0.15) is 0 Å². The smallest absolute Gasteiger partial charge is 0.234 e. The number of nitrogens with one attached hydrogen (secondary N) is 1. The van der Waals surface area contributed by atoms with Crippen LogP contribution < -0.4 is 5.32 Å². The molecule has 0 bridgehead atoms. The molecule has 1 aromatic carbocycles. The zero-order valence-corrected chi connectivity index (χ0v) is 13.6. The van der Waals surface area contributed by atoms with Crippen molar-refractivity contribution in [2.24, 2.45) is 5.92 Å². The average molecular weight is 325 g/mol. The summed E-state index contributed by atoms with van der Waals surface area (Å²) in [6, 6.07) is 13.8. The number of benzene rings is 1. The van der Waals surface area contributed by atoms with E-state index in [1.165, 1.54) is 5.56 Å². The molecule has 2 atom stereocenters. The van der Waals surface area contributed by atoms with Crippen molar-refractivity contribution in [3.8, 4) is 0 Å². The number of nitrogens with zero attached hydrogens (tertiary/aromatic N) is 2. The van der Waals surface area contributed by atoms with Gasteiger partial charge in [0.2, 0.25) is 5.91 Å². The highest BCUT2D eigenvalue weighted by atomic mass is 16.3. The van der Waals surface area contributed by atoms with E-state index in [0.717, 1.165) is 18.5 Å². The SMILES string of the molecule is O=C(CN1C[C@@H](Cc2ccncc2)[C@@H](O)C1)NCc1ccccc1. The second kappa shape index (κ2) is 8.04. The molecular formula is C19H23N3O2. The summed E-state index contributed by atoms with van der Waals surface area (Å²) in [7, 11) is 0. The normalized spacial score (nSPS) is 20.9. The van der Waals surface area contributed by atoms with Gasteiger partial charge < -0.3 is 10.4 Å². The van der Waals surface area contributed by atoms with E-state index >= 15 is 0 Å². The number of carbonyl (C=O) groups excluding carboxylic acids is 1. The minimum Gasteiger partial charge on any atom is -0.391 e. The predicted molar refractivity (Wildman–Crippen MR) is 92.2 cm³/mol. The number of aliphatic hydroxyl groups is 1. The Labute approximate surface area is 142 Å². The van der Waals surface area contributed by atoms with Crippen LogP contribution in [0.3, 0.4) is 0 Å². The summed E-state index contributed by atoms with van der Waals surface area (Å²) in [6.45, 7) is 2.16. The van der Waals surface area contributed by atoms with Gasteiger partial charge in [-0.15, -0.1) is 0 Å². The molecule has 0 spiro atoms. The number of hydrogen-bond acceptors (Lipinski definition) is 4. The predicted octanol–water partition coefficient (Wildman–Crippen LogP) is 1.23. The van der Waals surface area contributed by atoms with Gasteiger partial charge in [-0.1, -0.05) is 30.3 Å². The molecule has 3 rings (SSSR count). The van der Waals surface area contributed by atoms with Crippen LogP contribution in [0, 0.1) is 5.92 Å². The molecule has 2 heterocycles. The molecule has 24 heavy (non-hydrogen) atoms. The molecular weight excluding hydrogens is 302 g/mol. The fourth-order valence-electron chi connectivity index (χ4n) is 3.15. The van der Waals surface area contributed by atoms with Crippen LogP contribution in [0.4, 0.5) is 0 Å². The van der Waals surface area contributed by atoms with Crippen LogP contribution in [0.5, 0.6) is 0 Å². The van der Waals surface area contributed by atoms with E-state index in [0.29, 0.717) is 19.6 Å². The maximum atomic E-state index is 12.1. The minimum absolute atomic E-state index is 0.00406. The molecule has 2 aromatic rings. The van der Waals surface area contributed by atoms with Crippen molar-refractivity contribution in [3.63, 3.8) is 0 Å². The number of β-amino-alcohol motifs (C(OH)–C–C–N with tert-alkyl or cyclic N) is 1. The summed E-state index contributed by atoms with van der Waals surface area (Å²) in [5.74, 6) is 0.157. The Hall–Kier alpha value is -2.24. The molecule has 1 aliphatic heterocycles. The van der Waals surface area contributed by atoms with E-state index < -0.39 is 0 Å². The molecule has 1 amide bonds. The lowest BCUT2D eigenvalue weighted by Crippen LogP contribution is -2.36. The van der Waals surface area contributed by atoms with E-state index in [-0.39, 0.29) is 17.9 Å². The first-order chi connectivity index (χ1) is 11.7. The Bertz CT molecular complexity index is 648. The Kier molecular flexibility index (Phi) is 5.56. The first-order valence-corrected chi connectivity index (χ1v) is 8.30. The average Bonchev–Trinajstić information content (AvgIpc) is 2.94. The molecule has 0 unspecified atom stereocenters. The second-order valence-corrected chi connectivity index (χ2v) is 6.34. The molecule has 0 aliphatic carbocycles. The molecule has 0 saturated carbocycles. The zero-order valence-electron chi connectivity index (χ0n) is 13.6. The highest BCUT2D eigenvalue weighted by Crippen LogP contribution is 2.21. The first-order valence-electron chi connectivity index (χ1n) is 8.30. The first kappa shape index (κ1) is 16.6. The zero-order chi connectivity index (χ0) is 16.8. The number of aromatic nitrogens is 1. The van der Waals surface area contributed by atoms with Crippen molar-refractivity contribution in [1.82, 2.24) is 15.2 Å². The number of hydrogen-bond donors (Lipinski definition) is 2. The van der Waals surface area contributed by atoms with Crippen molar-refractivity contribution in [2.45, 2.75) is 19.1 Å². The topological polar surface area (TPSA) is 65.5 Å². The highest BCUT2D eigenvalue weighted by Gasteiger charge is 2.32. The Morgan fingerprint density at radius 1 is 1.12 bits per heavy atom. The van der Waals surface area contributed by atoms with Crippen molar-refractivity contribution in [1.29, 1.82) is 0 Å². The van der Waals surface area contributed by atoms with Crippen LogP contribution in [0.1, 0.15) is 11.1 Å². The molecule has 5 nitrogen and oxygen atoms in total. The van der Waals surface area contributed by atoms with Crippen molar-refractivity contribution < 1.29 is 9.90 Å². The van der Waals surface area contributed by atoms with E-state index in [1.54, 1.807) is 12.4 Å². The summed E-state index contributed by atoms with van der Waals surface area (Å²) >= 11 is 0. The second-order valence-electron chi connectivity index (χ2n) is 6.34. The van der Waals surface area contributed by atoms with Crippen LogP contribution in [0.2, 0.25) is 0 Å². The fraction of sp³-hybridized carbons (Fsp3) is 0.368. The molecule has 2 N–H and O–H groups in total. The largest absolute Gasteiger partial charge is 0.391 e. The van der Waals surface area contributed by atoms with Gasteiger partial charge in [-0.25, -0.2) is 0 Å². The van der Waals surface area contributed by atoms with Crippen LogP contribution in [-0.2, 0) is 17.8 Å². The van der Waals surface area contributed by atoms with Crippen LogP contribution >= 0.6 is 0 Å². The van der Waals surface area contributed by atoms with Crippen LogP contribution in [0.15, 0.2) is 54.9 Å². The molecule has 1 aromatic heterocycles. The van der Waals surface area contributed by atoms with Crippen molar-refractivity contribution in [2.75, 3.05) is 19.6 Å². The van der Waals surface area contributed by atoms with E-state index in [4.69, 9.17) is 0 Å². The number of pyridine rings is 1. The lowest BCUT2D eigenvalue weighted by molar-refractivity contribution is -0.122. The van der Waals surface area contributed by atoms with Crippen LogP contribution in [-0.4, -0.2) is 46.6 Å². The summed E-state index contributed by atoms with van der Waals surface area (Å²) in [5.41, 5.74) is 2.26. The summed E-state index contributed by atoms with van der Waals surface area (Å²) < 4.78 is 0. The molecule has 1 fully saturated rings. The van der Waals surface area contributed by atoms with Gasteiger partial charge in [0, 0.05) is 37.9 Å². The lowest BCUT2D eigenvalue weighted by Gasteiger charge is -2.15. The summed E-state index contributed by atoms with van der Waals surface area (Å²) in [4.78, 5) is 18.1. The number of amides is 1. The molecule has 126 valence electrons. The number of likely N-dealkylation sites (tertiary alicyclic amines) is 1. The van der Waals surface area contributed by atoms with Gasteiger partial charge in [0.25, 0.3) is 0 Å². The lowest BCUT2D eigenvalue weighted by atomic mass is 9.97. The molecule has 0 radical (unpaired) electrons. The van der Waals surface area contributed by atoms with E-state index in [9.17, 15) is 9.90 Å². The molecule has 5 heteroatoms. The Balaban J connectivity index is 1.45. The molecule has 1 aliphatic rings. The standard InChI is InChI=1S/C19H23N3O2/c23-18-13-22(12-17(18)10-15-6-8-20-9-7-15)14-19(24)21-11-16-4-2-1-3-5-16/h1-9,17-18,23H,10-14H2,(H,21,24)/t17-,18+/m1/s1. The van der Waals surface area contributed by atoms with Crippen molar-refractivity contribution in [3.05, 3.63) is 66.0 Å². The van der Waals surface area contributed by atoms with Gasteiger partial charge in [0.15, 0.2) is 0 Å². The van der Waals surface area contributed by atoms with Gasteiger partial charge in [0.05, 0.1) is 12.6 Å². The summed E-state index contributed by atoms with van der Waals surface area (Å²) in [6.07, 6.45) is 3.96. The van der Waals surface area contributed by atoms with Gasteiger partial charge >= 0.3 is 0 Å². The van der Waals surface area contributed by atoms with Gasteiger partial charge in [-0.2, -0.15) is 0 Å². The molecule has 1 saturated heterocycles. The number of carbonyl (C=O) groups is 1. The minimum atomic E-state index is -0.389. The van der Waals surface area contributed by atoms with Gasteiger partial charge in [-0.3, -0.25) is 14.7 Å². The quantitative estimate of drug-likeness (QED) is 0.838. The van der Waals surface area contributed by atoms with E-state index in [1.807, 2.05) is 47.4 Å². The highest BCUT2D eigenvalue weighted by molar-refractivity contribution is 5.78. The fourth-order valence-corrected chi connectivity index (χ4v) is 3.15. The number of aliphatic hydroxyl groups excluding tert-OH is 1. The maximum absolute atomic E-state index is 12.1. The Morgan fingerprint density at radius 3 is 2.62 bits per heavy atom. The van der Waals surface area contributed by atoms with Crippen molar-refractivity contribution >= 4 is 5.91 Å². The Morgan fingerprint density at radius 2 is 1.88 bits per heavy atom. The summed E-state index contributed by atoms with van der Waals surface area (Å²) in [5, 5.41) is 13.2. The monoisotopic (exact) mass is 325 g/mol.